The third-order valence-electron chi connectivity index (χ3n) is 9.43. The standard InChI is InChI=1S/C30H35ClN8O3/c1-17-6-8-19(9-7-17)16-39-27-22(34-29(39)38-11-10-37(18(2)40)24-4-3-5-25(24)38)13-23(28-35-30(41)42-36-28)33-26(27)20-12-21(31)15-32-14-20/h12-15,17,19,24-25H,3-11,16H2,1-2H3,(H,35,36,41)/t17?,19?,24-,25-/m1/s1. The first kappa shape index (κ1) is 27.1. The summed E-state index contributed by atoms with van der Waals surface area (Å²) in [7, 11) is 0. The van der Waals surface area contributed by atoms with E-state index in [1.807, 2.05) is 17.0 Å². The lowest BCUT2D eigenvalue weighted by atomic mass is 9.83. The van der Waals surface area contributed by atoms with E-state index >= 15 is 0 Å². The van der Waals surface area contributed by atoms with Gasteiger partial charge in [0.1, 0.15) is 5.69 Å². The van der Waals surface area contributed by atoms with Crippen LogP contribution in [0.5, 0.6) is 0 Å². The molecule has 0 spiro atoms. The number of amides is 1. The first-order valence-corrected chi connectivity index (χ1v) is 15.4. The van der Waals surface area contributed by atoms with E-state index in [9.17, 15) is 9.59 Å². The minimum atomic E-state index is -0.647. The molecule has 4 aromatic rings. The molecule has 1 amide bonds. The van der Waals surface area contributed by atoms with Crippen molar-refractivity contribution < 1.29 is 9.32 Å². The minimum absolute atomic E-state index is 0.141. The average molecular weight is 591 g/mol. The predicted molar refractivity (Wildman–Crippen MR) is 159 cm³/mol. The highest BCUT2D eigenvalue weighted by atomic mass is 35.5. The van der Waals surface area contributed by atoms with Gasteiger partial charge in [-0.15, -0.1) is 0 Å². The molecular formula is C30H35ClN8O3. The molecule has 7 rings (SSSR count). The number of halogens is 1. The highest BCUT2D eigenvalue weighted by molar-refractivity contribution is 6.30. The van der Waals surface area contributed by atoms with E-state index in [1.54, 1.807) is 19.3 Å². The molecule has 4 aromatic heterocycles. The van der Waals surface area contributed by atoms with Crippen molar-refractivity contribution >= 4 is 34.5 Å². The van der Waals surface area contributed by atoms with Crippen LogP contribution in [0.15, 0.2) is 33.8 Å². The highest BCUT2D eigenvalue weighted by Gasteiger charge is 2.42. The molecule has 3 fully saturated rings. The van der Waals surface area contributed by atoms with Gasteiger partial charge in [0, 0.05) is 44.5 Å². The minimum Gasteiger partial charge on any atom is -0.336 e. The van der Waals surface area contributed by atoms with Crippen LogP contribution in [0.1, 0.15) is 58.8 Å². The zero-order chi connectivity index (χ0) is 29.0. The quantitative estimate of drug-likeness (QED) is 0.348. The fraction of sp³-hybridized carbons (Fsp3) is 0.533. The Labute approximate surface area is 248 Å². The zero-order valence-corrected chi connectivity index (χ0v) is 24.7. The van der Waals surface area contributed by atoms with E-state index < -0.39 is 5.76 Å². The number of carbonyl (C=O) groups is 1. The number of H-pyrrole nitrogens is 1. The molecule has 0 radical (unpaired) electrons. The normalized spacial score (nSPS) is 24.4. The van der Waals surface area contributed by atoms with Gasteiger partial charge in [0.2, 0.25) is 17.7 Å². The second-order valence-corrected chi connectivity index (χ2v) is 12.6. The number of aromatic nitrogens is 6. The fourth-order valence-electron chi connectivity index (χ4n) is 7.34. The van der Waals surface area contributed by atoms with E-state index in [1.165, 1.54) is 25.7 Å². The summed E-state index contributed by atoms with van der Waals surface area (Å²) in [4.78, 5) is 46.1. The summed E-state index contributed by atoms with van der Waals surface area (Å²) in [5.41, 5.74) is 3.54. The topological polar surface area (TPSA) is 126 Å². The predicted octanol–water partition coefficient (Wildman–Crippen LogP) is 4.91. The van der Waals surface area contributed by atoms with Crippen LogP contribution < -0.4 is 10.7 Å². The summed E-state index contributed by atoms with van der Waals surface area (Å²) in [6.07, 6.45) is 11.3. The molecule has 5 heterocycles. The molecule has 1 saturated heterocycles. The number of piperazine rings is 1. The Morgan fingerprint density at radius 2 is 1.88 bits per heavy atom. The Morgan fingerprint density at radius 1 is 1.07 bits per heavy atom. The molecule has 2 atom stereocenters. The maximum atomic E-state index is 12.5. The van der Waals surface area contributed by atoms with Crippen molar-refractivity contribution in [3.8, 4) is 22.8 Å². The van der Waals surface area contributed by atoms with E-state index in [-0.39, 0.29) is 23.8 Å². The number of aromatic amines is 1. The molecule has 2 saturated carbocycles. The average Bonchev–Trinajstić information content (AvgIpc) is 3.72. The third kappa shape index (κ3) is 4.87. The maximum Gasteiger partial charge on any atom is 0.439 e. The molecule has 2 aliphatic carbocycles. The molecule has 11 nitrogen and oxygen atoms in total. The number of anilines is 1. The number of nitrogens with one attached hydrogen (secondary N) is 1. The highest BCUT2D eigenvalue weighted by Crippen LogP contribution is 2.40. The van der Waals surface area contributed by atoms with Crippen molar-refractivity contribution in [1.29, 1.82) is 0 Å². The van der Waals surface area contributed by atoms with Crippen molar-refractivity contribution in [2.75, 3.05) is 18.0 Å². The fourth-order valence-corrected chi connectivity index (χ4v) is 7.52. The molecule has 12 heteroatoms. The number of carbonyl (C=O) groups excluding carboxylic acids is 1. The first-order valence-electron chi connectivity index (χ1n) is 15.0. The summed E-state index contributed by atoms with van der Waals surface area (Å²) >= 11 is 6.41. The van der Waals surface area contributed by atoms with Crippen molar-refractivity contribution in [2.45, 2.75) is 77.4 Å². The summed E-state index contributed by atoms with van der Waals surface area (Å²) in [6, 6.07) is 4.11. The van der Waals surface area contributed by atoms with Crippen LogP contribution in [0, 0.1) is 11.8 Å². The lowest BCUT2D eigenvalue weighted by molar-refractivity contribution is -0.132. The van der Waals surface area contributed by atoms with Crippen molar-refractivity contribution in [2.24, 2.45) is 11.8 Å². The Morgan fingerprint density at radius 3 is 2.62 bits per heavy atom. The number of hydrogen-bond donors (Lipinski definition) is 1. The summed E-state index contributed by atoms with van der Waals surface area (Å²) < 4.78 is 7.16. The van der Waals surface area contributed by atoms with Crippen LogP contribution in [0.4, 0.5) is 5.95 Å². The maximum absolute atomic E-state index is 12.5. The lowest BCUT2D eigenvalue weighted by Gasteiger charge is -2.45. The second kappa shape index (κ2) is 10.8. The third-order valence-corrected chi connectivity index (χ3v) is 9.64. The molecule has 1 N–H and O–H groups in total. The van der Waals surface area contributed by atoms with E-state index in [2.05, 4.69) is 31.5 Å². The smallest absolute Gasteiger partial charge is 0.336 e. The van der Waals surface area contributed by atoms with Gasteiger partial charge in [-0.05, 0) is 56.1 Å². The van der Waals surface area contributed by atoms with Gasteiger partial charge in [-0.1, -0.05) is 36.5 Å². The molecule has 0 unspecified atom stereocenters. The Hall–Kier alpha value is -3.73. The van der Waals surface area contributed by atoms with Gasteiger partial charge in [0.25, 0.3) is 0 Å². The van der Waals surface area contributed by atoms with E-state index in [4.69, 9.17) is 26.1 Å². The van der Waals surface area contributed by atoms with Crippen molar-refractivity contribution in [1.82, 2.24) is 34.6 Å². The molecule has 1 aliphatic heterocycles. The zero-order valence-electron chi connectivity index (χ0n) is 23.9. The molecule has 3 aliphatic rings. The van der Waals surface area contributed by atoms with Gasteiger partial charge < -0.3 is 14.4 Å². The monoisotopic (exact) mass is 590 g/mol. The van der Waals surface area contributed by atoms with Gasteiger partial charge in [0.15, 0.2) is 0 Å². The largest absolute Gasteiger partial charge is 0.439 e. The van der Waals surface area contributed by atoms with Gasteiger partial charge >= 0.3 is 5.76 Å². The number of pyridine rings is 2. The number of imidazole rings is 1. The molecule has 220 valence electrons. The van der Waals surface area contributed by atoms with Gasteiger partial charge in [-0.25, -0.2) is 14.8 Å². The van der Waals surface area contributed by atoms with Gasteiger partial charge in [0.05, 0.1) is 33.8 Å². The van der Waals surface area contributed by atoms with Crippen molar-refractivity contribution in [3.63, 3.8) is 0 Å². The molecule has 0 aromatic carbocycles. The van der Waals surface area contributed by atoms with Crippen LogP contribution in [-0.4, -0.2) is 65.6 Å². The van der Waals surface area contributed by atoms with Crippen LogP contribution >= 0.6 is 11.6 Å². The molecule has 42 heavy (non-hydrogen) atoms. The summed E-state index contributed by atoms with van der Waals surface area (Å²) in [6.45, 7) is 6.24. The molecule has 0 bridgehead atoms. The number of fused-ring (bicyclic) bond motifs is 2. The van der Waals surface area contributed by atoms with Crippen LogP contribution in [0.3, 0.4) is 0 Å². The summed E-state index contributed by atoms with van der Waals surface area (Å²) in [5, 5.41) is 4.41. The molecular weight excluding hydrogens is 556 g/mol. The Balaban J connectivity index is 1.43. The van der Waals surface area contributed by atoms with Gasteiger partial charge in [-0.3, -0.25) is 19.3 Å². The van der Waals surface area contributed by atoms with Crippen molar-refractivity contribution in [3.05, 3.63) is 40.1 Å². The van der Waals surface area contributed by atoms with E-state index in [0.717, 1.165) is 60.8 Å². The van der Waals surface area contributed by atoms with E-state index in [0.29, 0.717) is 28.9 Å². The number of nitrogens with zero attached hydrogens (tertiary/aromatic N) is 7. The first-order chi connectivity index (χ1) is 20.4. The van der Waals surface area contributed by atoms with Crippen LogP contribution in [0.2, 0.25) is 5.02 Å². The van der Waals surface area contributed by atoms with Crippen LogP contribution in [-0.2, 0) is 11.3 Å². The van der Waals surface area contributed by atoms with Crippen LogP contribution in [0.25, 0.3) is 33.8 Å². The Bertz CT molecular complexity index is 1690. The summed E-state index contributed by atoms with van der Waals surface area (Å²) in [5.74, 6) is 1.91. The number of hydrogen-bond acceptors (Lipinski definition) is 8. The lowest BCUT2D eigenvalue weighted by Crippen LogP contribution is -2.59. The Kier molecular flexibility index (Phi) is 7.00. The van der Waals surface area contributed by atoms with Gasteiger partial charge in [-0.2, -0.15) is 0 Å². The number of rotatable bonds is 5. The second-order valence-electron chi connectivity index (χ2n) is 12.2. The SMILES string of the molecule is CC(=O)N1CCN(c2nc3cc(-c4noc(=O)[nH]4)nc(-c4cncc(Cl)c4)c3n2CC2CCC(C)CC2)[C@@H]2CCC[C@H]21.